The molecule has 1 N–H and O–H groups in total. The maximum Gasteiger partial charge on any atom is 0.0354 e. The van der Waals surface area contributed by atoms with Crippen LogP contribution in [0.15, 0.2) is 23.8 Å². The van der Waals surface area contributed by atoms with E-state index >= 15 is 0 Å². The highest BCUT2D eigenvalue weighted by molar-refractivity contribution is 5.95. The van der Waals surface area contributed by atoms with Crippen LogP contribution in [0, 0.1) is 10.8 Å². The minimum Gasteiger partial charge on any atom is -0.305 e. The first-order valence-electron chi connectivity index (χ1n) is 3.95. The van der Waals surface area contributed by atoms with E-state index in [-0.39, 0.29) is 5.41 Å². The molecular weight excluding hydrogens is 134 g/mol. The van der Waals surface area contributed by atoms with E-state index in [1.165, 1.54) is 5.57 Å². The lowest BCUT2D eigenvalue weighted by atomic mass is 9.81. The van der Waals surface area contributed by atoms with Crippen LogP contribution in [0.25, 0.3) is 0 Å². The summed E-state index contributed by atoms with van der Waals surface area (Å²) in [5, 5.41) is 7.47. The standard InChI is InChI=1S/C10H15N/c1-10(2,3)8-5-4-6-9(11)7-8/h4-6,11H,7H2,1-3H3. The number of nitrogens with one attached hydrogen (secondary N) is 1. The molecule has 0 saturated carbocycles. The molecule has 1 aliphatic rings. The predicted octanol–water partition coefficient (Wildman–Crippen LogP) is 2.94. The van der Waals surface area contributed by atoms with E-state index < -0.39 is 0 Å². The molecule has 0 saturated heterocycles. The molecule has 0 bridgehead atoms. The first-order chi connectivity index (χ1) is 5.00. The third-order valence-corrected chi connectivity index (χ3v) is 1.94. The smallest absolute Gasteiger partial charge is 0.0354 e. The van der Waals surface area contributed by atoms with E-state index in [4.69, 9.17) is 5.41 Å². The van der Waals surface area contributed by atoms with Crippen molar-refractivity contribution in [1.82, 2.24) is 0 Å². The second-order valence-electron chi connectivity index (χ2n) is 4.00. The molecule has 1 rings (SSSR count). The Morgan fingerprint density at radius 3 is 2.36 bits per heavy atom. The summed E-state index contributed by atoms with van der Waals surface area (Å²) >= 11 is 0. The predicted molar refractivity (Wildman–Crippen MR) is 49.0 cm³/mol. The van der Waals surface area contributed by atoms with Crippen LogP contribution < -0.4 is 0 Å². The van der Waals surface area contributed by atoms with E-state index in [9.17, 15) is 0 Å². The topological polar surface area (TPSA) is 23.9 Å². The molecule has 0 amide bonds. The van der Waals surface area contributed by atoms with Gasteiger partial charge in [-0.2, -0.15) is 0 Å². The molecule has 0 radical (unpaired) electrons. The van der Waals surface area contributed by atoms with Crippen LogP contribution in [-0.2, 0) is 0 Å². The summed E-state index contributed by atoms with van der Waals surface area (Å²) in [6.07, 6.45) is 6.76. The summed E-state index contributed by atoms with van der Waals surface area (Å²) in [4.78, 5) is 0. The maximum absolute atomic E-state index is 7.47. The molecule has 0 aromatic heterocycles. The quantitative estimate of drug-likeness (QED) is 0.547. The van der Waals surface area contributed by atoms with Crippen LogP contribution >= 0.6 is 0 Å². The van der Waals surface area contributed by atoms with Crippen molar-refractivity contribution < 1.29 is 0 Å². The lowest BCUT2D eigenvalue weighted by Crippen LogP contribution is -2.13. The zero-order chi connectivity index (χ0) is 8.48. The van der Waals surface area contributed by atoms with Gasteiger partial charge in [-0.25, -0.2) is 0 Å². The van der Waals surface area contributed by atoms with Gasteiger partial charge in [-0.1, -0.05) is 38.5 Å². The monoisotopic (exact) mass is 149 g/mol. The van der Waals surface area contributed by atoms with E-state index in [0.29, 0.717) is 0 Å². The van der Waals surface area contributed by atoms with Gasteiger partial charge in [0, 0.05) is 12.1 Å². The summed E-state index contributed by atoms with van der Waals surface area (Å²) < 4.78 is 0. The van der Waals surface area contributed by atoms with Gasteiger partial charge < -0.3 is 5.41 Å². The average molecular weight is 149 g/mol. The fourth-order valence-corrected chi connectivity index (χ4v) is 1.12. The van der Waals surface area contributed by atoms with Crippen LogP contribution in [0.2, 0.25) is 0 Å². The molecule has 11 heavy (non-hydrogen) atoms. The van der Waals surface area contributed by atoms with Crippen molar-refractivity contribution in [2.75, 3.05) is 0 Å². The molecule has 0 heterocycles. The van der Waals surface area contributed by atoms with E-state index in [1.54, 1.807) is 0 Å². The highest BCUT2D eigenvalue weighted by Gasteiger charge is 2.18. The molecule has 0 aliphatic heterocycles. The number of hydrogen-bond acceptors (Lipinski definition) is 1. The van der Waals surface area contributed by atoms with E-state index in [1.807, 2.05) is 12.2 Å². The van der Waals surface area contributed by atoms with Gasteiger partial charge >= 0.3 is 0 Å². The third kappa shape index (κ3) is 2.04. The fourth-order valence-electron chi connectivity index (χ4n) is 1.12. The SMILES string of the molecule is CC(C)(C)C1=CC=CC(=N)C1. The Labute approximate surface area is 68.3 Å². The van der Waals surface area contributed by atoms with E-state index in [2.05, 4.69) is 26.8 Å². The molecular formula is C10H15N. The van der Waals surface area contributed by atoms with Gasteiger partial charge in [-0.15, -0.1) is 0 Å². The van der Waals surface area contributed by atoms with Crippen molar-refractivity contribution in [2.45, 2.75) is 27.2 Å². The number of hydrogen-bond donors (Lipinski definition) is 1. The molecule has 60 valence electrons. The molecule has 0 atom stereocenters. The maximum atomic E-state index is 7.47. The largest absolute Gasteiger partial charge is 0.305 e. The molecule has 0 fully saturated rings. The first kappa shape index (κ1) is 8.25. The Morgan fingerprint density at radius 1 is 1.36 bits per heavy atom. The second-order valence-corrected chi connectivity index (χ2v) is 4.00. The van der Waals surface area contributed by atoms with Gasteiger partial charge in [-0.3, -0.25) is 0 Å². The van der Waals surface area contributed by atoms with Gasteiger partial charge in [0.2, 0.25) is 0 Å². The third-order valence-electron chi connectivity index (χ3n) is 1.94. The Kier molecular flexibility index (Phi) is 1.99. The zero-order valence-electron chi connectivity index (χ0n) is 7.44. The minimum atomic E-state index is 0.219. The lowest BCUT2D eigenvalue weighted by molar-refractivity contribution is 0.496. The van der Waals surface area contributed by atoms with Gasteiger partial charge in [0.25, 0.3) is 0 Å². The Balaban J connectivity index is 2.83. The van der Waals surface area contributed by atoms with Crippen LogP contribution in [-0.4, -0.2) is 5.71 Å². The number of rotatable bonds is 0. The van der Waals surface area contributed by atoms with Crippen molar-refractivity contribution in [3.8, 4) is 0 Å². The first-order valence-corrected chi connectivity index (χ1v) is 3.95. The van der Waals surface area contributed by atoms with Crippen LogP contribution in [0.1, 0.15) is 27.2 Å². The minimum absolute atomic E-state index is 0.219. The fraction of sp³-hybridized carbons (Fsp3) is 0.500. The molecule has 0 aromatic carbocycles. The number of allylic oxidation sites excluding steroid dienone is 4. The second kappa shape index (κ2) is 2.65. The van der Waals surface area contributed by atoms with Gasteiger partial charge in [-0.05, 0) is 11.5 Å². The molecule has 1 heteroatoms. The highest BCUT2D eigenvalue weighted by atomic mass is 14.4. The molecule has 1 aliphatic carbocycles. The Hall–Kier alpha value is -0.850. The van der Waals surface area contributed by atoms with Crippen LogP contribution in [0.5, 0.6) is 0 Å². The summed E-state index contributed by atoms with van der Waals surface area (Å²) in [7, 11) is 0. The molecule has 0 spiro atoms. The summed E-state index contributed by atoms with van der Waals surface area (Å²) in [5.74, 6) is 0. The van der Waals surface area contributed by atoms with E-state index in [0.717, 1.165) is 12.1 Å². The van der Waals surface area contributed by atoms with Crippen molar-refractivity contribution in [2.24, 2.45) is 5.41 Å². The summed E-state index contributed by atoms with van der Waals surface area (Å²) in [5.41, 5.74) is 2.29. The zero-order valence-corrected chi connectivity index (χ0v) is 7.44. The summed E-state index contributed by atoms with van der Waals surface area (Å²) in [6, 6.07) is 0. The summed E-state index contributed by atoms with van der Waals surface area (Å²) in [6.45, 7) is 6.56. The van der Waals surface area contributed by atoms with Gasteiger partial charge in [0.1, 0.15) is 0 Å². The van der Waals surface area contributed by atoms with Crippen LogP contribution in [0.4, 0.5) is 0 Å². The van der Waals surface area contributed by atoms with Crippen molar-refractivity contribution in [3.05, 3.63) is 23.8 Å². The van der Waals surface area contributed by atoms with Crippen LogP contribution in [0.3, 0.4) is 0 Å². The molecule has 1 nitrogen and oxygen atoms in total. The normalized spacial score (nSPS) is 18.5. The lowest BCUT2D eigenvalue weighted by Gasteiger charge is -2.24. The molecule has 0 aromatic rings. The van der Waals surface area contributed by atoms with Gasteiger partial charge in [0.15, 0.2) is 0 Å². The highest BCUT2D eigenvalue weighted by Crippen LogP contribution is 2.29. The van der Waals surface area contributed by atoms with Gasteiger partial charge in [0.05, 0.1) is 0 Å². The molecule has 0 unspecified atom stereocenters. The van der Waals surface area contributed by atoms with Crippen molar-refractivity contribution in [1.29, 1.82) is 5.41 Å². The Morgan fingerprint density at radius 2 is 2.00 bits per heavy atom. The Bertz CT molecular complexity index is 226. The van der Waals surface area contributed by atoms with Crippen molar-refractivity contribution >= 4 is 5.71 Å². The van der Waals surface area contributed by atoms with Crippen molar-refractivity contribution in [3.63, 3.8) is 0 Å². The average Bonchev–Trinajstić information content (AvgIpc) is 1.86.